The predicted molar refractivity (Wildman–Crippen MR) is 69.3 cm³/mol. The Morgan fingerprint density at radius 3 is 2.24 bits per heavy atom. The first-order chi connectivity index (χ1) is 7.91. The zero-order chi connectivity index (χ0) is 13.1. The van der Waals surface area contributed by atoms with Crippen LogP contribution in [0.1, 0.15) is 66.2 Å². The van der Waals surface area contributed by atoms with Gasteiger partial charge in [-0.15, -0.1) is 0 Å². The van der Waals surface area contributed by atoms with Crippen molar-refractivity contribution in [3.8, 4) is 0 Å². The predicted octanol–water partition coefficient (Wildman–Crippen LogP) is 5.52. The Kier molecular flexibility index (Phi) is 5.40. The number of rotatable bonds is 7. The van der Waals surface area contributed by atoms with E-state index >= 15 is 0 Å². The van der Waals surface area contributed by atoms with Gasteiger partial charge in [0.2, 0.25) is 0 Å². The summed E-state index contributed by atoms with van der Waals surface area (Å²) in [7, 11) is 0. The molecule has 0 radical (unpaired) electrons. The molecular formula is C15H28F2. The molecule has 0 aliphatic heterocycles. The van der Waals surface area contributed by atoms with Crippen molar-refractivity contribution in [2.24, 2.45) is 23.7 Å². The summed E-state index contributed by atoms with van der Waals surface area (Å²) in [5, 5.41) is 0. The van der Waals surface area contributed by atoms with E-state index in [1.807, 2.05) is 0 Å². The van der Waals surface area contributed by atoms with Gasteiger partial charge in [0.1, 0.15) is 0 Å². The summed E-state index contributed by atoms with van der Waals surface area (Å²) in [6.07, 6.45) is 6.05. The van der Waals surface area contributed by atoms with E-state index in [-0.39, 0.29) is 11.8 Å². The third-order valence-electron chi connectivity index (χ3n) is 4.80. The maximum absolute atomic E-state index is 13.6. The molecule has 0 heterocycles. The molecular weight excluding hydrogens is 218 g/mol. The van der Waals surface area contributed by atoms with Crippen molar-refractivity contribution in [3.05, 3.63) is 0 Å². The van der Waals surface area contributed by atoms with Crippen molar-refractivity contribution < 1.29 is 8.78 Å². The Morgan fingerprint density at radius 1 is 1.18 bits per heavy atom. The summed E-state index contributed by atoms with van der Waals surface area (Å²) in [5.74, 6) is -1.86. The standard InChI is InChI=1S/C15H28F2/c1-5-11(3)7-8-13(6-2)10-14-9-12(4)15(14,16)17/h11-14H,5-10H2,1-4H3/t11-,12-,13-,14?/m0/s1. The molecule has 102 valence electrons. The first-order valence-electron chi connectivity index (χ1n) is 7.29. The van der Waals surface area contributed by atoms with Crippen molar-refractivity contribution >= 4 is 0 Å². The van der Waals surface area contributed by atoms with Gasteiger partial charge in [0.05, 0.1) is 0 Å². The van der Waals surface area contributed by atoms with E-state index in [1.165, 1.54) is 12.8 Å². The zero-order valence-electron chi connectivity index (χ0n) is 11.8. The Balaban J connectivity index is 2.33. The minimum absolute atomic E-state index is 0.334. The molecule has 1 rings (SSSR count). The van der Waals surface area contributed by atoms with Crippen molar-refractivity contribution in [1.82, 2.24) is 0 Å². The second-order valence-electron chi connectivity index (χ2n) is 6.11. The van der Waals surface area contributed by atoms with Crippen LogP contribution in [-0.4, -0.2) is 5.92 Å². The molecule has 0 bridgehead atoms. The number of halogens is 2. The molecule has 0 N–H and O–H groups in total. The van der Waals surface area contributed by atoms with Crippen LogP contribution in [0.25, 0.3) is 0 Å². The summed E-state index contributed by atoms with van der Waals surface area (Å²) in [6.45, 7) is 8.28. The first-order valence-corrected chi connectivity index (χ1v) is 7.29. The number of alkyl halides is 2. The van der Waals surface area contributed by atoms with Crippen molar-refractivity contribution in [1.29, 1.82) is 0 Å². The van der Waals surface area contributed by atoms with Gasteiger partial charge in [0.15, 0.2) is 0 Å². The monoisotopic (exact) mass is 246 g/mol. The Labute approximate surface area is 105 Å². The van der Waals surface area contributed by atoms with E-state index < -0.39 is 5.92 Å². The summed E-state index contributed by atoms with van der Waals surface area (Å²) in [6, 6.07) is 0. The topological polar surface area (TPSA) is 0 Å². The van der Waals surface area contributed by atoms with Crippen LogP contribution in [0.3, 0.4) is 0 Å². The molecule has 0 saturated heterocycles. The van der Waals surface area contributed by atoms with Crippen LogP contribution in [0.15, 0.2) is 0 Å². The zero-order valence-corrected chi connectivity index (χ0v) is 11.8. The average Bonchev–Trinajstić information content (AvgIpc) is 2.32. The molecule has 1 saturated carbocycles. The van der Waals surface area contributed by atoms with Crippen LogP contribution in [0.4, 0.5) is 8.78 Å². The smallest absolute Gasteiger partial charge is 0.206 e. The molecule has 0 nitrogen and oxygen atoms in total. The summed E-state index contributed by atoms with van der Waals surface area (Å²) >= 11 is 0. The van der Waals surface area contributed by atoms with E-state index in [2.05, 4.69) is 20.8 Å². The molecule has 1 fully saturated rings. The van der Waals surface area contributed by atoms with Gasteiger partial charge in [-0.05, 0) is 24.7 Å². The van der Waals surface area contributed by atoms with Crippen LogP contribution < -0.4 is 0 Å². The highest BCUT2D eigenvalue weighted by molar-refractivity contribution is 4.94. The van der Waals surface area contributed by atoms with Crippen LogP contribution in [0, 0.1) is 23.7 Å². The fourth-order valence-corrected chi connectivity index (χ4v) is 2.85. The fourth-order valence-electron chi connectivity index (χ4n) is 2.85. The molecule has 4 atom stereocenters. The van der Waals surface area contributed by atoms with Crippen LogP contribution in [0.5, 0.6) is 0 Å². The first kappa shape index (κ1) is 14.9. The van der Waals surface area contributed by atoms with Crippen LogP contribution >= 0.6 is 0 Å². The van der Waals surface area contributed by atoms with Crippen molar-refractivity contribution in [2.45, 2.75) is 72.1 Å². The van der Waals surface area contributed by atoms with Crippen LogP contribution in [-0.2, 0) is 0 Å². The lowest BCUT2D eigenvalue weighted by molar-refractivity contribution is -0.186. The molecule has 0 spiro atoms. The van der Waals surface area contributed by atoms with Gasteiger partial charge in [0, 0.05) is 11.8 Å². The maximum Gasteiger partial charge on any atom is 0.253 e. The molecule has 2 heteroatoms. The molecule has 0 aromatic rings. The Morgan fingerprint density at radius 2 is 1.82 bits per heavy atom. The molecule has 0 aromatic heterocycles. The average molecular weight is 246 g/mol. The Hall–Kier alpha value is -0.140. The molecule has 1 aliphatic carbocycles. The van der Waals surface area contributed by atoms with Gasteiger partial charge in [-0.25, -0.2) is 8.78 Å². The highest BCUT2D eigenvalue weighted by atomic mass is 19.3. The van der Waals surface area contributed by atoms with Crippen molar-refractivity contribution in [2.75, 3.05) is 0 Å². The second-order valence-corrected chi connectivity index (χ2v) is 6.11. The number of hydrogen-bond donors (Lipinski definition) is 0. The summed E-state index contributed by atoms with van der Waals surface area (Å²) in [4.78, 5) is 0. The molecule has 1 unspecified atom stereocenters. The van der Waals surface area contributed by atoms with Crippen molar-refractivity contribution in [3.63, 3.8) is 0 Å². The Bertz CT molecular complexity index is 225. The van der Waals surface area contributed by atoms with E-state index in [4.69, 9.17) is 0 Å². The lowest BCUT2D eigenvalue weighted by Gasteiger charge is -2.44. The minimum Gasteiger partial charge on any atom is -0.206 e. The van der Waals surface area contributed by atoms with E-state index in [9.17, 15) is 8.78 Å². The van der Waals surface area contributed by atoms with Crippen LogP contribution in [0.2, 0.25) is 0 Å². The third-order valence-corrected chi connectivity index (χ3v) is 4.80. The summed E-state index contributed by atoms with van der Waals surface area (Å²) in [5.41, 5.74) is 0. The lowest BCUT2D eigenvalue weighted by Crippen LogP contribution is -2.47. The second kappa shape index (κ2) is 6.15. The van der Waals surface area contributed by atoms with Gasteiger partial charge in [-0.1, -0.05) is 53.4 Å². The minimum atomic E-state index is -2.39. The largest absolute Gasteiger partial charge is 0.253 e. The molecule has 0 aromatic carbocycles. The third kappa shape index (κ3) is 3.66. The van der Waals surface area contributed by atoms with Gasteiger partial charge in [0.25, 0.3) is 5.92 Å². The van der Waals surface area contributed by atoms with Gasteiger partial charge in [-0.2, -0.15) is 0 Å². The van der Waals surface area contributed by atoms with Gasteiger partial charge < -0.3 is 0 Å². The SMILES string of the molecule is CC[C@H](C)CC[C@H](CC)CC1C[C@H](C)C1(F)F. The normalized spacial score (nSPS) is 30.7. The lowest BCUT2D eigenvalue weighted by atomic mass is 9.67. The van der Waals surface area contributed by atoms with E-state index in [1.54, 1.807) is 6.92 Å². The summed E-state index contributed by atoms with van der Waals surface area (Å²) < 4.78 is 27.1. The van der Waals surface area contributed by atoms with Gasteiger partial charge >= 0.3 is 0 Å². The number of hydrogen-bond acceptors (Lipinski definition) is 0. The highest BCUT2D eigenvalue weighted by Gasteiger charge is 2.54. The van der Waals surface area contributed by atoms with E-state index in [0.29, 0.717) is 5.92 Å². The highest BCUT2D eigenvalue weighted by Crippen LogP contribution is 2.51. The molecule has 1 aliphatic rings. The molecule has 17 heavy (non-hydrogen) atoms. The van der Waals surface area contributed by atoms with Gasteiger partial charge in [-0.3, -0.25) is 0 Å². The molecule has 0 amide bonds. The maximum atomic E-state index is 13.6. The quantitative estimate of drug-likeness (QED) is 0.555. The fraction of sp³-hybridized carbons (Fsp3) is 1.00. The van der Waals surface area contributed by atoms with E-state index in [0.717, 1.165) is 31.6 Å².